The summed E-state index contributed by atoms with van der Waals surface area (Å²) in [6.45, 7) is 8.15. The number of thiocyanates is 1. The Morgan fingerprint density at radius 1 is 0.680 bits per heavy atom. The molecule has 2 atom stereocenters. The van der Waals surface area contributed by atoms with Gasteiger partial charge in [-0.3, -0.25) is 29.0 Å². The first-order chi connectivity index (χ1) is 24.3. The third-order valence-electron chi connectivity index (χ3n) is 10.6. The first-order valence-corrected chi connectivity index (χ1v) is 18.7. The minimum absolute atomic E-state index is 0.248. The number of hydrogen-bond acceptors (Lipinski definition) is 8. The van der Waals surface area contributed by atoms with Crippen molar-refractivity contribution in [2.75, 3.05) is 0 Å². The molecule has 0 radical (unpaired) electrons. The third kappa shape index (κ3) is 4.79. The molecule has 0 aliphatic carbocycles. The molecule has 50 heavy (non-hydrogen) atoms. The molecule has 7 rings (SSSR count). The van der Waals surface area contributed by atoms with Crippen LogP contribution in [0.2, 0.25) is 0 Å². The largest absolute Gasteiger partial charge is 0.271 e. The number of carbonyl (C=O) groups is 4. The van der Waals surface area contributed by atoms with Gasteiger partial charge in [0.15, 0.2) is 0 Å². The smallest absolute Gasteiger partial charge is 0.261 e. The summed E-state index contributed by atoms with van der Waals surface area (Å²) in [5.41, 5.74) is 2.00. The van der Waals surface area contributed by atoms with Crippen LogP contribution in [0.1, 0.15) is 120 Å². The number of amides is 4. The second kappa shape index (κ2) is 13.2. The van der Waals surface area contributed by atoms with Gasteiger partial charge in [0.25, 0.3) is 23.6 Å². The van der Waals surface area contributed by atoms with E-state index in [1.165, 1.54) is 9.80 Å². The van der Waals surface area contributed by atoms with Crippen molar-refractivity contribution in [1.82, 2.24) is 9.80 Å². The SMILES string of the molecule is CCCCC(CC)N1C(=O)c2ccc3c4c(SC#N)cc5c6c(ccc(c7c(N=C=S)cc(c2c37)C1=O)c64)C(=O)N(C(CC)CCCC)C5=O. The molecule has 0 N–H and O–H groups in total. The first kappa shape index (κ1) is 33.8. The molecule has 0 fully saturated rings. The van der Waals surface area contributed by atoms with Gasteiger partial charge in [-0.25, -0.2) is 0 Å². The molecule has 0 spiro atoms. The highest BCUT2D eigenvalue weighted by molar-refractivity contribution is 8.04. The molecule has 8 nitrogen and oxygen atoms in total. The first-order valence-electron chi connectivity index (χ1n) is 17.4. The average Bonchev–Trinajstić information content (AvgIpc) is 3.12. The van der Waals surface area contributed by atoms with Crippen molar-refractivity contribution in [3.8, 4) is 5.40 Å². The van der Waals surface area contributed by atoms with Crippen LogP contribution in [0.25, 0.3) is 43.1 Å². The number of carbonyl (C=O) groups excluding carboxylic acids is 4. The number of thioether (sulfide) groups is 1. The fraction of sp³-hybridized carbons (Fsp3) is 0.350. The zero-order valence-corrected chi connectivity index (χ0v) is 30.1. The molecule has 2 aliphatic heterocycles. The Hall–Kier alpha value is -4.68. The Morgan fingerprint density at radius 2 is 1.16 bits per heavy atom. The van der Waals surface area contributed by atoms with Crippen molar-refractivity contribution in [2.45, 2.75) is 96.0 Å². The summed E-state index contributed by atoms with van der Waals surface area (Å²) in [5.74, 6) is -1.40. The van der Waals surface area contributed by atoms with Crippen LogP contribution in [0, 0.1) is 10.7 Å². The summed E-state index contributed by atoms with van der Waals surface area (Å²) in [5, 5.41) is 19.8. The number of nitriles is 1. The number of rotatable bonds is 12. The molecule has 4 amide bonds. The number of aliphatic imine (C=N–C) groups is 1. The molecule has 0 saturated carbocycles. The lowest BCUT2D eigenvalue weighted by Crippen LogP contribution is -2.47. The van der Waals surface area contributed by atoms with Crippen molar-refractivity contribution in [3.05, 3.63) is 58.7 Å². The topological polar surface area (TPSA) is 111 Å². The fourth-order valence-electron chi connectivity index (χ4n) is 8.29. The van der Waals surface area contributed by atoms with E-state index >= 15 is 0 Å². The quantitative estimate of drug-likeness (QED) is 0.0242. The molecular formula is C40H36N4O4S2. The van der Waals surface area contributed by atoms with Crippen LogP contribution in [0.3, 0.4) is 0 Å². The average molecular weight is 701 g/mol. The molecular weight excluding hydrogens is 665 g/mol. The fourth-order valence-corrected chi connectivity index (χ4v) is 8.97. The van der Waals surface area contributed by atoms with Gasteiger partial charge >= 0.3 is 0 Å². The highest BCUT2D eigenvalue weighted by Gasteiger charge is 2.41. The number of fused-ring (bicyclic) bond motifs is 2. The van der Waals surface area contributed by atoms with Crippen molar-refractivity contribution in [2.24, 2.45) is 4.99 Å². The molecule has 2 aliphatic rings. The molecule has 252 valence electrons. The van der Waals surface area contributed by atoms with E-state index in [4.69, 9.17) is 12.2 Å². The predicted molar refractivity (Wildman–Crippen MR) is 202 cm³/mol. The highest BCUT2D eigenvalue weighted by Crippen LogP contribution is 2.51. The number of thiocarbonyl (C=S) groups is 1. The van der Waals surface area contributed by atoms with Gasteiger partial charge in [0.05, 0.1) is 16.4 Å². The maximum atomic E-state index is 14.3. The number of imide groups is 2. The maximum Gasteiger partial charge on any atom is 0.261 e. The summed E-state index contributed by atoms with van der Waals surface area (Å²) in [7, 11) is 0. The van der Waals surface area contributed by atoms with E-state index in [-0.39, 0.29) is 35.7 Å². The molecule has 2 unspecified atom stereocenters. The van der Waals surface area contributed by atoms with Crippen LogP contribution in [0.4, 0.5) is 5.69 Å². The standard InChI is InChI=1S/C40H36N4O4S2/c1-5-9-11-21(7-3)43-37(45)25-16-14-24-34-30(50-19-41)18-28-32-26(38(46)44(40(28)48)22(8-4)12-10-6-2)15-13-23(36(32)34)33-29(42-20-49)17-27(39(43)47)31(25)35(24)33/h13-18,21-22H,5-12H2,1-4H3. The van der Waals surface area contributed by atoms with Crippen molar-refractivity contribution in [3.63, 3.8) is 0 Å². The number of benzene rings is 5. The Labute approximate surface area is 299 Å². The Kier molecular flexibility index (Phi) is 8.94. The molecule has 0 aromatic heterocycles. The Morgan fingerprint density at radius 3 is 1.64 bits per heavy atom. The van der Waals surface area contributed by atoms with E-state index in [1.807, 2.05) is 26.0 Å². The lowest BCUT2D eigenvalue weighted by molar-refractivity contribution is 0.0508. The van der Waals surface area contributed by atoms with Gasteiger partial charge < -0.3 is 0 Å². The van der Waals surface area contributed by atoms with Gasteiger partial charge in [-0.2, -0.15) is 10.3 Å². The summed E-state index contributed by atoms with van der Waals surface area (Å²) in [6, 6.07) is 10.2. The number of hydrogen-bond donors (Lipinski definition) is 0. The Balaban J connectivity index is 1.60. The normalized spacial score (nSPS) is 15.4. The molecule has 2 heterocycles. The second-order valence-electron chi connectivity index (χ2n) is 13.2. The van der Waals surface area contributed by atoms with E-state index in [2.05, 4.69) is 29.4 Å². The second-order valence-corrected chi connectivity index (χ2v) is 14.2. The van der Waals surface area contributed by atoms with Crippen LogP contribution < -0.4 is 0 Å². The van der Waals surface area contributed by atoms with E-state index < -0.39 is 0 Å². The zero-order chi connectivity index (χ0) is 35.4. The summed E-state index contributed by atoms with van der Waals surface area (Å²) >= 11 is 6.06. The van der Waals surface area contributed by atoms with E-state index in [0.29, 0.717) is 102 Å². The molecule has 10 heteroatoms. The molecule has 5 aromatic carbocycles. The lowest BCUT2D eigenvalue weighted by atomic mass is 9.81. The van der Waals surface area contributed by atoms with E-state index in [0.717, 1.165) is 37.4 Å². The highest BCUT2D eigenvalue weighted by atomic mass is 32.2. The third-order valence-corrected chi connectivity index (χ3v) is 11.3. The molecule has 5 aromatic rings. The van der Waals surface area contributed by atoms with Gasteiger partial charge in [0, 0.05) is 66.0 Å². The van der Waals surface area contributed by atoms with Crippen molar-refractivity contribution >= 4 is 102 Å². The summed E-state index contributed by atoms with van der Waals surface area (Å²) in [6.07, 6.45) is 6.37. The van der Waals surface area contributed by atoms with Crippen LogP contribution in [-0.4, -0.2) is 50.7 Å². The van der Waals surface area contributed by atoms with Crippen molar-refractivity contribution < 1.29 is 19.2 Å². The van der Waals surface area contributed by atoms with Crippen LogP contribution >= 0.6 is 24.0 Å². The number of isothiocyanates is 1. The Bertz CT molecular complexity index is 2390. The van der Waals surface area contributed by atoms with Gasteiger partial charge in [-0.1, -0.05) is 65.5 Å². The van der Waals surface area contributed by atoms with Gasteiger partial charge in [0.1, 0.15) is 5.40 Å². The molecule has 0 saturated heterocycles. The van der Waals surface area contributed by atoms with E-state index in [1.54, 1.807) is 24.3 Å². The minimum atomic E-state index is -0.373. The monoisotopic (exact) mass is 700 g/mol. The number of nitrogens with zero attached hydrogens (tertiary/aromatic N) is 4. The number of unbranched alkanes of at least 4 members (excludes halogenated alkanes) is 2. The van der Waals surface area contributed by atoms with Gasteiger partial charge in [0.2, 0.25) is 0 Å². The van der Waals surface area contributed by atoms with E-state index in [9.17, 15) is 24.4 Å². The zero-order valence-electron chi connectivity index (χ0n) is 28.5. The predicted octanol–water partition coefficient (Wildman–Crippen LogP) is 10.2. The minimum Gasteiger partial charge on any atom is -0.271 e. The summed E-state index contributed by atoms with van der Waals surface area (Å²) in [4.78, 5) is 65.0. The van der Waals surface area contributed by atoms with Crippen molar-refractivity contribution in [1.29, 1.82) is 5.26 Å². The van der Waals surface area contributed by atoms with Gasteiger partial charge in [-0.05, 0) is 84.7 Å². The lowest BCUT2D eigenvalue weighted by Gasteiger charge is -2.35. The maximum absolute atomic E-state index is 14.3. The van der Waals surface area contributed by atoms with Crippen LogP contribution in [0.5, 0.6) is 0 Å². The van der Waals surface area contributed by atoms with Gasteiger partial charge in [-0.15, -0.1) is 0 Å². The molecule has 0 bridgehead atoms. The summed E-state index contributed by atoms with van der Waals surface area (Å²) < 4.78 is 0. The van der Waals surface area contributed by atoms with Crippen LogP contribution in [0.15, 0.2) is 46.3 Å². The van der Waals surface area contributed by atoms with Crippen LogP contribution in [-0.2, 0) is 0 Å².